The van der Waals surface area contributed by atoms with Crippen LogP contribution >= 0.6 is 0 Å². The Labute approximate surface area is 190 Å². The molecule has 2 atom stereocenters. The predicted octanol–water partition coefficient (Wildman–Crippen LogP) is 4.09. The third-order valence-corrected chi connectivity index (χ3v) is 6.58. The molecule has 34 heavy (non-hydrogen) atoms. The molecule has 2 unspecified atom stereocenters. The number of hydrazine groups is 1. The van der Waals surface area contributed by atoms with E-state index in [0.29, 0.717) is 0 Å². The third kappa shape index (κ3) is 2.39. The van der Waals surface area contributed by atoms with Gasteiger partial charge in [0.25, 0.3) is 11.8 Å². The van der Waals surface area contributed by atoms with Gasteiger partial charge in [-0.05, 0) is 29.8 Å². The lowest BCUT2D eigenvalue weighted by Gasteiger charge is -2.18. The number of Topliss-reactive ketones (excluding diaryl/α,β-unsaturated/α-hetero) is 2. The van der Waals surface area contributed by atoms with Crippen molar-refractivity contribution < 1.29 is 32.3 Å². The fourth-order valence-corrected chi connectivity index (χ4v) is 5.01. The van der Waals surface area contributed by atoms with E-state index in [4.69, 9.17) is 0 Å². The van der Waals surface area contributed by atoms with E-state index in [1.54, 1.807) is 24.3 Å². The number of rotatable bonds is 2. The number of hydrogen-bond acceptors (Lipinski definition) is 5. The first-order chi connectivity index (χ1) is 16.2. The quantitative estimate of drug-likeness (QED) is 0.326. The van der Waals surface area contributed by atoms with E-state index in [-0.39, 0.29) is 27.8 Å². The number of hydrogen-bond donors (Lipinski definition) is 0. The van der Waals surface area contributed by atoms with E-state index < -0.39 is 46.7 Å². The maximum absolute atomic E-state index is 13.6. The molecular formula is C25H13F3N2O4. The van der Waals surface area contributed by atoms with Gasteiger partial charge in [0.1, 0.15) is 0 Å². The van der Waals surface area contributed by atoms with Crippen molar-refractivity contribution in [1.29, 1.82) is 0 Å². The normalized spacial score (nSPS) is 22.4. The van der Waals surface area contributed by atoms with Crippen molar-refractivity contribution in [3.05, 3.63) is 106 Å². The highest BCUT2D eigenvalue weighted by molar-refractivity contribution is 6.36. The minimum absolute atomic E-state index is 0.121. The summed E-state index contributed by atoms with van der Waals surface area (Å²) in [5.41, 5.74) is -2.08. The molecule has 3 aromatic carbocycles. The highest BCUT2D eigenvalue weighted by atomic mass is 19.4. The second-order valence-corrected chi connectivity index (χ2v) is 8.30. The summed E-state index contributed by atoms with van der Waals surface area (Å²) in [6.07, 6.45) is -4.57. The first kappa shape index (κ1) is 20.5. The van der Waals surface area contributed by atoms with Gasteiger partial charge in [-0.3, -0.25) is 19.2 Å². The monoisotopic (exact) mass is 462 g/mol. The lowest BCUT2D eigenvalue weighted by molar-refractivity contribution is -0.137. The van der Waals surface area contributed by atoms with Gasteiger partial charge in [0.2, 0.25) is 0 Å². The summed E-state index contributed by atoms with van der Waals surface area (Å²) in [7, 11) is 0. The molecule has 1 spiro atoms. The number of carbonyl (C=O) groups is 4. The molecule has 2 amide bonds. The maximum Gasteiger partial charge on any atom is 0.416 e. The number of halogens is 3. The molecular weight excluding hydrogens is 449 g/mol. The standard InChI is InChI=1S/C25H13F3N2O4/c26-25(27,28)14-11-9-13(10-12-14)19-24(20(31)15-5-1-2-6-16(15)21(24)32)30(19)29-22(33)17-7-3-4-8-18(17)23(29)34/h1-12,19H. The summed E-state index contributed by atoms with van der Waals surface area (Å²) in [6, 6.07) is 15.1. The summed E-state index contributed by atoms with van der Waals surface area (Å²) < 4.78 is 39.3. The van der Waals surface area contributed by atoms with E-state index in [9.17, 15) is 32.3 Å². The van der Waals surface area contributed by atoms with E-state index >= 15 is 0 Å². The van der Waals surface area contributed by atoms with Crippen LogP contribution in [0.2, 0.25) is 0 Å². The molecule has 1 fully saturated rings. The Morgan fingerprint density at radius 1 is 0.647 bits per heavy atom. The number of benzene rings is 3. The van der Waals surface area contributed by atoms with Crippen LogP contribution in [-0.4, -0.2) is 38.9 Å². The molecule has 2 heterocycles. The number of fused-ring (bicyclic) bond motifs is 2. The van der Waals surface area contributed by atoms with Crippen LogP contribution in [0.25, 0.3) is 0 Å². The Balaban J connectivity index is 1.50. The van der Waals surface area contributed by atoms with Crippen LogP contribution in [0.5, 0.6) is 0 Å². The molecule has 0 bridgehead atoms. The molecule has 9 heteroatoms. The Morgan fingerprint density at radius 2 is 1.09 bits per heavy atom. The van der Waals surface area contributed by atoms with E-state index in [2.05, 4.69) is 0 Å². The van der Waals surface area contributed by atoms with Crippen LogP contribution in [0, 0.1) is 0 Å². The summed E-state index contributed by atoms with van der Waals surface area (Å²) in [5.74, 6) is -2.61. The number of nitrogens with zero attached hydrogens (tertiary/aromatic N) is 2. The molecule has 1 aliphatic carbocycles. The van der Waals surface area contributed by atoms with Gasteiger partial charge in [0, 0.05) is 11.1 Å². The molecule has 0 aromatic heterocycles. The first-order valence-electron chi connectivity index (χ1n) is 10.3. The van der Waals surface area contributed by atoms with Crippen LogP contribution in [-0.2, 0) is 6.18 Å². The number of carbonyl (C=O) groups excluding carboxylic acids is 4. The minimum Gasteiger partial charge on any atom is -0.291 e. The number of imide groups is 1. The summed E-state index contributed by atoms with van der Waals surface area (Å²) in [6.45, 7) is 0. The second kappa shape index (κ2) is 6.48. The Kier molecular flexibility index (Phi) is 3.91. The molecule has 0 N–H and O–H groups in total. The van der Waals surface area contributed by atoms with Crippen molar-refractivity contribution in [1.82, 2.24) is 10.0 Å². The topological polar surface area (TPSA) is 74.5 Å². The van der Waals surface area contributed by atoms with Crippen molar-refractivity contribution in [2.24, 2.45) is 0 Å². The third-order valence-electron chi connectivity index (χ3n) is 6.58. The van der Waals surface area contributed by atoms with Gasteiger partial charge in [-0.1, -0.05) is 48.5 Å². The second-order valence-electron chi connectivity index (χ2n) is 8.30. The number of ketones is 2. The molecule has 1 saturated heterocycles. The molecule has 3 aliphatic rings. The summed E-state index contributed by atoms with van der Waals surface area (Å²) in [5, 5.41) is 1.89. The van der Waals surface area contributed by atoms with Crippen LogP contribution < -0.4 is 0 Å². The summed E-state index contributed by atoms with van der Waals surface area (Å²) in [4.78, 5) is 53.5. The van der Waals surface area contributed by atoms with Crippen LogP contribution in [0.4, 0.5) is 13.2 Å². The molecule has 6 rings (SSSR count). The lowest BCUT2D eigenvalue weighted by atomic mass is 9.94. The lowest BCUT2D eigenvalue weighted by Crippen LogP contribution is -2.43. The minimum atomic E-state index is -4.57. The van der Waals surface area contributed by atoms with Crippen LogP contribution in [0.15, 0.2) is 72.8 Å². The highest BCUT2D eigenvalue weighted by Gasteiger charge is 2.79. The number of amides is 2. The van der Waals surface area contributed by atoms with Crippen molar-refractivity contribution in [3.63, 3.8) is 0 Å². The first-order valence-corrected chi connectivity index (χ1v) is 10.3. The van der Waals surface area contributed by atoms with Gasteiger partial charge >= 0.3 is 6.18 Å². The number of alkyl halides is 3. The van der Waals surface area contributed by atoms with Gasteiger partial charge in [-0.2, -0.15) is 23.2 Å². The predicted molar refractivity (Wildman–Crippen MR) is 111 cm³/mol. The van der Waals surface area contributed by atoms with Crippen molar-refractivity contribution in [2.45, 2.75) is 17.8 Å². The van der Waals surface area contributed by atoms with Crippen molar-refractivity contribution >= 4 is 23.4 Å². The molecule has 3 aromatic rings. The average molecular weight is 462 g/mol. The van der Waals surface area contributed by atoms with E-state index in [0.717, 1.165) is 34.3 Å². The molecule has 0 radical (unpaired) electrons. The summed E-state index contributed by atoms with van der Waals surface area (Å²) >= 11 is 0. The van der Waals surface area contributed by atoms with Gasteiger partial charge in [-0.25, -0.2) is 0 Å². The van der Waals surface area contributed by atoms with Gasteiger partial charge in [-0.15, -0.1) is 0 Å². The Hall–Kier alpha value is -4.11. The fraction of sp³-hybridized carbons (Fsp3) is 0.120. The Bertz CT molecular complexity index is 1380. The zero-order chi connectivity index (χ0) is 24.0. The van der Waals surface area contributed by atoms with Gasteiger partial charge in [0.05, 0.1) is 22.7 Å². The van der Waals surface area contributed by atoms with E-state index in [1.807, 2.05) is 0 Å². The van der Waals surface area contributed by atoms with Gasteiger partial charge < -0.3 is 0 Å². The maximum atomic E-state index is 13.6. The largest absolute Gasteiger partial charge is 0.416 e. The highest BCUT2D eigenvalue weighted by Crippen LogP contribution is 2.61. The molecule has 2 aliphatic heterocycles. The van der Waals surface area contributed by atoms with Gasteiger partial charge in [0.15, 0.2) is 17.1 Å². The zero-order valence-corrected chi connectivity index (χ0v) is 17.2. The molecule has 0 saturated carbocycles. The SMILES string of the molecule is O=C1c2ccccc2C(=O)N1N1C(c2ccc(C(F)(F)F)cc2)C12C(=O)c1ccccc1C2=O. The van der Waals surface area contributed by atoms with E-state index in [1.165, 1.54) is 24.3 Å². The molecule has 6 nitrogen and oxygen atoms in total. The zero-order valence-electron chi connectivity index (χ0n) is 17.2. The van der Waals surface area contributed by atoms with Crippen LogP contribution in [0.3, 0.4) is 0 Å². The van der Waals surface area contributed by atoms with Crippen molar-refractivity contribution in [2.75, 3.05) is 0 Å². The molecule has 168 valence electrons. The average Bonchev–Trinajstić information content (AvgIpc) is 3.38. The fourth-order valence-electron chi connectivity index (χ4n) is 5.01. The van der Waals surface area contributed by atoms with Crippen LogP contribution in [0.1, 0.15) is 58.6 Å². The van der Waals surface area contributed by atoms with Crippen molar-refractivity contribution in [3.8, 4) is 0 Å². The Morgan fingerprint density at radius 3 is 1.53 bits per heavy atom. The smallest absolute Gasteiger partial charge is 0.291 e.